The van der Waals surface area contributed by atoms with Crippen LogP contribution in [0.5, 0.6) is 0 Å². The van der Waals surface area contributed by atoms with Crippen LogP contribution in [-0.2, 0) is 19.5 Å². The summed E-state index contributed by atoms with van der Waals surface area (Å²) in [7, 11) is 0. The van der Waals surface area contributed by atoms with E-state index in [-0.39, 0.29) is 0 Å². The molecule has 0 bridgehead atoms. The van der Waals surface area contributed by atoms with Crippen molar-refractivity contribution in [1.82, 2.24) is 9.55 Å². The topological polar surface area (TPSA) is 42.5 Å². The van der Waals surface area contributed by atoms with Gasteiger partial charge in [-0.1, -0.05) is 39.0 Å². The summed E-state index contributed by atoms with van der Waals surface area (Å²) in [6.07, 6.45) is 2.12. The first kappa shape index (κ1) is 14.0. The fourth-order valence-corrected chi connectivity index (χ4v) is 2.88. The first-order chi connectivity index (χ1) is 10.2. The van der Waals surface area contributed by atoms with Gasteiger partial charge >= 0.3 is 0 Å². The zero-order valence-corrected chi connectivity index (χ0v) is 13.0. The van der Waals surface area contributed by atoms with E-state index in [1.807, 2.05) is 12.1 Å². The van der Waals surface area contributed by atoms with Crippen molar-refractivity contribution in [3.05, 3.63) is 35.8 Å². The standard InChI is InChI=1S/C17H22N4/c1-4-7-16-19-15-10-18-20-14-9-6-5-8-13(14)17(15)21(16)11-12(2)3/h5-6,8-9,12H,4,7,10-11H2,1-3H3. The van der Waals surface area contributed by atoms with E-state index >= 15 is 0 Å². The lowest BCUT2D eigenvalue weighted by atomic mass is 10.1. The van der Waals surface area contributed by atoms with Gasteiger partial charge in [0.05, 0.1) is 17.1 Å². The molecule has 3 rings (SSSR count). The molecule has 110 valence electrons. The van der Waals surface area contributed by atoms with Gasteiger partial charge in [0.1, 0.15) is 12.4 Å². The number of hydrogen-bond donors (Lipinski definition) is 0. The van der Waals surface area contributed by atoms with Crippen LogP contribution in [0.4, 0.5) is 5.69 Å². The monoisotopic (exact) mass is 282 g/mol. The third-order valence-electron chi connectivity index (χ3n) is 3.70. The van der Waals surface area contributed by atoms with Gasteiger partial charge in [-0.3, -0.25) is 0 Å². The Morgan fingerprint density at radius 1 is 1.24 bits per heavy atom. The molecule has 2 heterocycles. The Bertz CT molecular complexity index is 667. The van der Waals surface area contributed by atoms with Crippen LogP contribution in [0.3, 0.4) is 0 Å². The Morgan fingerprint density at radius 2 is 2.05 bits per heavy atom. The molecule has 1 aromatic carbocycles. The van der Waals surface area contributed by atoms with Crippen molar-refractivity contribution in [1.29, 1.82) is 0 Å². The van der Waals surface area contributed by atoms with E-state index < -0.39 is 0 Å². The number of benzene rings is 1. The van der Waals surface area contributed by atoms with E-state index in [9.17, 15) is 0 Å². The van der Waals surface area contributed by atoms with Gasteiger partial charge in [0, 0.05) is 18.5 Å². The molecular weight excluding hydrogens is 260 g/mol. The zero-order valence-electron chi connectivity index (χ0n) is 13.0. The largest absolute Gasteiger partial charge is 0.327 e. The molecule has 0 N–H and O–H groups in total. The lowest BCUT2D eigenvalue weighted by Crippen LogP contribution is -2.10. The predicted molar refractivity (Wildman–Crippen MR) is 84.7 cm³/mol. The maximum Gasteiger partial charge on any atom is 0.109 e. The zero-order chi connectivity index (χ0) is 14.8. The number of hydrogen-bond acceptors (Lipinski definition) is 3. The van der Waals surface area contributed by atoms with Crippen molar-refractivity contribution < 1.29 is 0 Å². The van der Waals surface area contributed by atoms with E-state index in [0.29, 0.717) is 12.5 Å². The van der Waals surface area contributed by atoms with Crippen LogP contribution in [0.15, 0.2) is 34.5 Å². The number of rotatable bonds is 4. The van der Waals surface area contributed by atoms with Crippen LogP contribution in [-0.4, -0.2) is 9.55 Å². The molecule has 4 nitrogen and oxygen atoms in total. The fourth-order valence-electron chi connectivity index (χ4n) is 2.88. The lowest BCUT2D eigenvalue weighted by molar-refractivity contribution is 0.508. The third-order valence-corrected chi connectivity index (χ3v) is 3.70. The summed E-state index contributed by atoms with van der Waals surface area (Å²) in [5.74, 6) is 1.77. The highest BCUT2D eigenvalue weighted by molar-refractivity contribution is 5.75. The molecule has 0 amide bonds. The van der Waals surface area contributed by atoms with Crippen molar-refractivity contribution >= 4 is 5.69 Å². The summed E-state index contributed by atoms with van der Waals surface area (Å²) < 4.78 is 2.39. The van der Waals surface area contributed by atoms with Gasteiger partial charge in [0.15, 0.2) is 0 Å². The molecule has 2 aromatic rings. The average molecular weight is 282 g/mol. The van der Waals surface area contributed by atoms with E-state index in [0.717, 1.165) is 36.3 Å². The van der Waals surface area contributed by atoms with Crippen molar-refractivity contribution in [2.24, 2.45) is 16.1 Å². The number of aromatic nitrogens is 2. The minimum atomic E-state index is 0.575. The van der Waals surface area contributed by atoms with Gasteiger partial charge in [-0.05, 0) is 18.4 Å². The first-order valence-corrected chi connectivity index (χ1v) is 7.76. The summed E-state index contributed by atoms with van der Waals surface area (Å²) in [5, 5.41) is 8.64. The van der Waals surface area contributed by atoms with Crippen molar-refractivity contribution in [2.45, 2.75) is 46.7 Å². The van der Waals surface area contributed by atoms with Gasteiger partial charge in [0.25, 0.3) is 0 Å². The molecule has 1 aromatic heterocycles. The molecule has 0 aliphatic carbocycles. The number of fused-ring (bicyclic) bond motifs is 3. The summed E-state index contributed by atoms with van der Waals surface area (Å²) in [4.78, 5) is 4.86. The number of imidazole rings is 1. The molecule has 0 radical (unpaired) electrons. The highest BCUT2D eigenvalue weighted by Gasteiger charge is 2.22. The smallest absolute Gasteiger partial charge is 0.109 e. The number of nitrogens with zero attached hydrogens (tertiary/aromatic N) is 4. The summed E-state index contributed by atoms with van der Waals surface area (Å²) in [5.41, 5.74) is 4.38. The molecule has 0 spiro atoms. The van der Waals surface area contributed by atoms with E-state index in [2.05, 4.69) is 47.7 Å². The van der Waals surface area contributed by atoms with E-state index in [1.54, 1.807) is 0 Å². The van der Waals surface area contributed by atoms with Crippen molar-refractivity contribution in [3.63, 3.8) is 0 Å². The Morgan fingerprint density at radius 3 is 2.81 bits per heavy atom. The molecule has 0 fully saturated rings. The van der Waals surface area contributed by atoms with Crippen LogP contribution in [0.1, 0.15) is 38.7 Å². The maximum absolute atomic E-state index is 4.86. The van der Waals surface area contributed by atoms with Crippen molar-refractivity contribution in [3.8, 4) is 11.3 Å². The quantitative estimate of drug-likeness (QED) is 0.797. The van der Waals surface area contributed by atoms with Crippen LogP contribution in [0, 0.1) is 5.92 Å². The van der Waals surface area contributed by atoms with E-state index in [4.69, 9.17) is 4.98 Å². The first-order valence-electron chi connectivity index (χ1n) is 7.76. The SMILES string of the molecule is CCCc1nc2c(n1CC(C)C)-c1ccccc1N=NC2. The van der Waals surface area contributed by atoms with Crippen LogP contribution >= 0.6 is 0 Å². The van der Waals surface area contributed by atoms with E-state index in [1.165, 1.54) is 11.5 Å². The van der Waals surface area contributed by atoms with Crippen LogP contribution in [0.2, 0.25) is 0 Å². The highest BCUT2D eigenvalue weighted by atomic mass is 15.2. The lowest BCUT2D eigenvalue weighted by Gasteiger charge is -2.15. The normalized spacial score (nSPS) is 13.1. The second-order valence-corrected chi connectivity index (χ2v) is 5.99. The van der Waals surface area contributed by atoms with Gasteiger partial charge in [-0.25, -0.2) is 4.98 Å². The second kappa shape index (κ2) is 5.80. The summed E-state index contributed by atoms with van der Waals surface area (Å²) in [6, 6.07) is 8.24. The van der Waals surface area contributed by atoms with Crippen LogP contribution < -0.4 is 0 Å². The molecule has 0 saturated heterocycles. The Hall–Kier alpha value is -1.97. The van der Waals surface area contributed by atoms with Crippen molar-refractivity contribution in [2.75, 3.05) is 0 Å². The minimum absolute atomic E-state index is 0.575. The molecule has 4 heteroatoms. The summed E-state index contributed by atoms with van der Waals surface area (Å²) >= 11 is 0. The minimum Gasteiger partial charge on any atom is -0.327 e. The molecule has 0 unspecified atom stereocenters. The van der Waals surface area contributed by atoms with Gasteiger partial charge in [-0.15, -0.1) is 0 Å². The molecule has 0 saturated carbocycles. The Labute approximate surface area is 125 Å². The second-order valence-electron chi connectivity index (χ2n) is 5.99. The number of azo groups is 1. The number of aryl methyl sites for hydroxylation is 1. The maximum atomic E-state index is 4.86. The molecule has 1 aliphatic heterocycles. The molecule has 1 aliphatic rings. The Balaban J connectivity index is 2.20. The van der Waals surface area contributed by atoms with Crippen LogP contribution in [0.25, 0.3) is 11.3 Å². The van der Waals surface area contributed by atoms with Gasteiger partial charge in [-0.2, -0.15) is 10.2 Å². The molecule has 21 heavy (non-hydrogen) atoms. The predicted octanol–water partition coefficient (Wildman–Crippen LogP) is 4.76. The molecule has 0 atom stereocenters. The van der Waals surface area contributed by atoms with Gasteiger partial charge in [0.2, 0.25) is 0 Å². The fraction of sp³-hybridized carbons (Fsp3) is 0.471. The summed E-state index contributed by atoms with van der Waals surface area (Å²) in [6.45, 7) is 8.27. The third kappa shape index (κ3) is 2.62. The highest BCUT2D eigenvalue weighted by Crippen LogP contribution is 2.36. The average Bonchev–Trinajstić information content (AvgIpc) is 2.67. The van der Waals surface area contributed by atoms with Gasteiger partial charge < -0.3 is 4.57 Å². The molecular formula is C17H22N4. The Kier molecular flexibility index (Phi) is 3.86.